The average Bonchev–Trinajstić information content (AvgIpc) is 2.61. The summed E-state index contributed by atoms with van der Waals surface area (Å²) in [6.45, 7) is 4.14. The summed E-state index contributed by atoms with van der Waals surface area (Å²) in [5, 5.41) is 3.12. The summed E-state index contributed by atoms with van der Waals surface area (Å²) in [7, 11) is 0. The Labute approximate surface area is 149 Å². The molecule has 1 amide bonds. The summed E-state index contributed by atoms with van der Waals surface area (Å²) < 4.78 is 0. The Bertz CT molecular complexity index is 708. The predicted molar refractivity (Wildman–Crippen MR) is 102 cm³/mol. The van der Waals surface area contributed by atoms with E-state index in [4.69, 9.17) is 0 Å². The molecule has 24 heavy (non-hydrogen) atoms. The van der Waals surface area contributed by atoms with Crippen LogP contribution in [-0.4, -0.2) is 11.7 Å². The maximum atomic E-state index is 12.2. The van der Waals surface area contributed by atoms with Gasteiger partial charge in [0.1, 0.15) is 0 Å². The van der Waals surface area contributed by atoms with Gasteiger partial charge in [0.2, 0.25) is 5.91 Å². The maximum Gasteiger partial charge on any atom is 0.230 e. The number of aryl methyl sites for hydroxylation is 3. The lowest BCUT2D eigenvalue weighted by Crippen LogP contribution is -2.28. The summed E-state index contributed by atoms with van der Waals surface area (Å²) >= 11 is 1.59. The average molecular weight is 340 g/mol. The Morgan fingerprint density at radius 3 is 2.54 bits per heavy atom. The van der Waals surface area contributed by atoms with E-state index in [0.29, 0.717) is 5.75 Å². The maximum absolute atomic E-state index is 12.2. The lowest BCUT2D eigenvalue weighted by molar-refractivity contribution is -0.119. The van der Waals surface area contributed by atoms with Crippen molar-refractivity contribution in [2.45, 2.75) is 50.5 Å². The largest absolute Gasteiger partial charge is 0.349 e. The minimum atomic E-state index is 0.0587. The Kier molecular flexibility index (Phi) is 5.62. The van der Waals surface area contributed by atoms with Gasteiger partial charge >= 0.3 is 0 Å². The fraction of sp³-hybridized carbons (Fsp3) is 0.381. The highest BCUT2D eigenvalue weighted by molar-refractivity contribution is 8.00. The smallest absolute Gasteiger partial charge is 0.230 e. The highest BCUT2D eigenvalue weighted by Crippen LogP contribution is 2.25. The second-order valence-electron chi connectivity index (χ2n) is 6.63. The third-order valence-electron chi connectivity index (χ3n) is 4.64. The molecule has 1 aliphatic rings. The first-order valence-corrected chi connectivity index (χ1v) is 9.71. The Morgan fingerprint density at radius 1 is 1.08 bits per heavy atom. The molecule has 126 valence electrons. The molecule has 1 N–H and O–H groups in total. The second-order valence-corrected chi connectivity index (χ2v) is 7.67. The fourth-order valence-corrected chi connectivity index (χ4v) is 3.88. The van der Waals surface area contributed by atoms with Gasteiger partial charge in [-0.1, -0.05) is 35.9 Å². The van der Waals surface area contributed by atoms with Gasteiger partial charge in [-0.2, -0.15) is 0 Å². The minimum absolute atomic E-state index is 0.0587. The second kappa shape index (κ2) is 7.89. The Balaban J connectivity index is 1.55. The molecule has 3 heteroatoms. The van der Waals surface area contributed by atoms with E-state index in [1.807, 2.05) is 0 Å². The number of amides is 1. The van der Waals surface area contributed by atoms with E-state index in [0.717, 1.165) is 4.90 Å². The van der Waals surface area contributed by atoms with E-state index in [1.54, 1.807) is 11.8 Å². The zero-order chi connectivity index (χ0) is 16.9. The van der Waals surface area contributed by atoms with Crippen LogP contribution in [0.4, 0.5) is 0 Å². The zero-order valence-corrected chi connectivity index (χ0v) is 15.3. The monoisotopic (exact) mass is 339 g/mol. The van der Waals surface area contributed by atoms with Gasteiger partial charge in [0, 0.05) is 4.90 Å². The number of thioether (sulfide) groups is 1. The summed E-state index contributed by atoms with van der Waals surface area (Å²) in [5.74, 6) is 0.545. The Hall–Kier alpha value is -1.74. The van der Waals surface area contributed by atoms with Crippen molar-refractivity contribution in [3.8, 4) is 0 Å². The van der Waals surface area contributed by atoms with Crippen LogP contribution in [0, 0.1) is 6.92 Å². The van der Waals surface area contributed by atoms with Crippen LogP contribution >= 0.6 is 11.8 Å². The molecule has 1 unspecified atom stereocenters. The van der Waals surface area contributed by atoms with Gasteiger partial charge < -0.3 is 5.32 Å². The van der Waals surface area contributed by atoms with E-state index < -0.39 is 0 Å². The molecule has 3 rings (SSSR count). The quantitative estimate of drug-likeness (QED) is 0.790. The topological polar surface area (TPSA) is 29.1 Å². The van der Waals surface area contributed by atoms with Crippen molar-refractivity contribution in [3.63, 3.8) is 0 Å². The van der Waals surface area contributed by atoms with Crippen molar-refractivity contribution < 1.29 is 4.79 Å². The summed E-state index contributed by atoms with van der Waals surface area (Å²) in [4.78, 5) is 13.4. The van der Waals surface area contributed by atoms with Gasteiger partial charge in [0.15, 0.2) is 0 Å². The Morgan fingerprint density at radius 2 is 1.79 bits per heavy atom. The van der Waals surface area contributed by atoms with Gasteiger partial charge in [0.25, 0.3) is 0 Å². The van der Waals surface area contributed by atoms with Crippen LogP contribution in [0.1, 0.15) is 48.1 Å². The molecule has 0 fully saturated rings. The van der Waals surface area contributed by atoms with E-state index in [1.165, 1.54) is 47.9 Å². The highest BCUT2D eigenvalue weighted by Gasteiger charge is 2.14. The fourth-order valence-electron chi connectivity index (χ4n) is 3.17. The summed E-state index contributed by atoms with van der Waals surface area (Å²) in [6, 6.07) is 15.1. The van der Waals surface area contributed by atoms with Gasteiger partial charge in [-0.25, -0.2) is 0 Å². The van der Waals surface area contributed by atoms with Crippen molar-refractivity contribution >= 4 is 17.7 Å². The van der Waals surface area contributed by atoms with Crippen molar-refractivity contribution in [3.05, 3.63) is 64.7 Å². The molecular formula is C21H25NOS. The number of benzene rings is 2. The summed E-state index contributed by atoms with van der Waals surface area (Å²) in [5.41, 5.74) is 5.40. The van der Waals surface area contributed by atoms with Crippen LogP contribution in [0.25, 0.3) is 0 Å². The molecule has 0 saturated carbocycles. The predicted octanol–water partition coefficient (Wildman–Crippen LogP) is 4.84. The first-order valence-electron chi connectivity index (χ1n) is 8.72. The molecule has 2 aromatic rings. The number of nitrogens with one attached hydrogen (secondary N) is 1. The molecule has 2 aromatic carbocycles. The van der Waals surface area contributed by atoms with Crippen LogP contribution in [0.15, 0.2) is 47.4 Å². The molecule has 2 nitrogen and oxygen atoms in total. The number of fused-ring (bicyclic) bond motifs is 1. The standard InChI is InChI=1S/C21H25NOS/c1-15-7-11-20(12-8-15)24-14-21(23)22-16(2)18-10-9-17-5-3-4-6-19(17)13-18/h7-13,16H,3-6,14H2,1-2H3,(H,22,23). The lowest BCUT2D eigenvalue weighted by atomic mass is 9.89. The van der Waals surface area contributed by atoms with Gasteiger partial charge in [-0.3, -0.25) is 4.79 Å². The van der Waals surface area contributed by atoms with E-state index >= 15 is 0 Å². The van der Waals surface area contributed by atoms with Gasteiger partial charge in [-0.15, -0.1) is 11.8 Å². The molecule has 0 spiro atoms. The highest BCUT2D eigenvalue weighted by atomic mass is 32.2. The number of hydrogen-bond acceptors (Lipinski definition) is 2. The number of hydrogen-bond donors (Lipinski definition) is 1. The van der Waals surface area contributed by atoms with E-state index in [2.05, 4.69) is 61.6 Å². The van der Waals surface area contributed by atoms with Crippen LogP contribution < -0.4 is 5.32 Å². The number of carbonyl (C=O) groups excluding carboxylic acids is 1. The van der Waals surface area contributed by atoms with E-state index in [-0.39, 0.29) is 11.9 Å². The molecule has 0 aromatic heterocycles. The van der Waals surface area contributed by atoms with Gasteiger partial charge in [0.05, 0.1) is 11.8 Å². The third kappa shape index (κ3) is 4.41. The minimum Gasteiger partial charge on any atom is -0.349 e. The van der Waals surface area contributed by atoms with Crippen molar-refractivity contribution in [1.29, 1.82) is 0 Å². The van der Waals surface area contributed by atoms with Gasteiger partial charge in [-0.05, 0) is 68.4 Å². The molecule has 0 heterocycles. The first-order chi connectivity index (χ1) is 11.6. The number of rotatable bonds is 5. The molecule has 0 aliphatic heterocycles. The lowest BCUT2D eigenvalue weighted by Gasteiger charge is -2.20. The van der Waals surface area contributed by atoms with Crippen molar-refractivity contribution in [2.24, 2.45) is 0 Å². The SMILES string of the molecule is Cc1ccc(SCC(=O)NC(C)c2ccc3c(c2)CCCC3)cc1. The molecule has 0 saturated heterocycles. The van der Waals surface area contributed by atoms with Crippen molar-refractivity contribution in [1.82, 2.24) is 5.32 Å². The molecule has 0 bridgehead atoms. The molecule has 1 atom stereocenters. The molecule has 1 aliphatic carbocycles. The molecular weight excluding hydrogens is 314 g/mol. The zero-order valence-electron chi connectivity index (χ0n) is 14.5. The normalized spacial score (nSPS) is 14.8. The first kappa shape index (κ1) is 17.1. The molecule has 0 radical (unpaired) electrons. The number of carbonyl (C=O) groups is 1. The third-order valence-corrected chi connectivity index (χ3v) is 5.65. The van der Waals surface area contributed by atoms with Crippen LogP contribution in [0.5, 0.6) is 0 Å². The van der Waals surface area contributed by atoms with Crippen LogP contribution in [-0.2, 0) is 17.6 Å². The van der Waals surface area contributed by atoms with Crippen molar-refractivity contribution in [2.75, 3.05) is 5.75 Å². The van der Waals surface area contributed by atoms with Crippen LogP contribution in [0.2, 0.25) is 0 Å². The van der Waals surface area contributed by atoms with E-state index in [9.17, 15) is 4.79 Å². The van der Waals surface area contributed by atoms with Crippen LogP contribution in [0.3, 0.4) is 0 Å². The summed E-state index contributed by atoms with van der Waals surface area (Å²) in [6.07, 6.45) is 4.95.